The highest BCUT2D eigenvalue weighted by Gasteiger charge is 2.07. The molecule has 0 atom stereocenters. The molecule has 0 saturated carbocycles. The van der Waals surface area contributed by atoms with Gasteiger partial charge in [-0.15, -0.1) is 0 Å². The molecule has 0 aliphatic rings. The van der Waals surface area contributed by atoms with Crippen LogP contribution in [-0.2, 0) is 16.1 Å². The van der Waals surface area contributed by atoms with Crippen molar-refractivity contribution < 1.29 is 9.53 Å². The van der Waals surface area contributed by atoms with Crippen LogP contribution in [0.3, 0.4) is 0 Å². The summed E-state index contributed by atoms with van der Waals surface area (Å²) in [7, 11) is 3.76. The second-order valence-corrected chi connectivity index (χ2v) is 5.22. The third-order valence-electron chi connectivity index (χ3n) is 3.26. The van der Waals surface area contributed by atoms with E-state index in [-0.39, 0.29) is 5.97 Å². The SMILES string of the molecule is CCOC(=O)CCCNC(=NC)N(C)Cc1ccc(C)cc1. The summed E-state index contributed by atoms with van der Waals surface area (Å²) in [6.07, 6.45) is 1.16. The Hall–Kier alpha value is -2.04. The van der Waals surface area contributed by atoms with E-state index in [1.165, 1.54) is 11.1 Å². The van der Waals surface area contributed by atoms with Crippen LogP contribution in [0, 0.1) is 6.92 Å². The zero-order chi connectivity index (χ0) is 16.4. The lowest BCUT2D eigenvalue weighted by Crippen LogP contribution is -2.39. The standard InChI is InChI=1S/C17H27N3O2/c1-5-22-16(21)7-6-12-19-17(18-3)20(4)13-15-10-8-14(2)9-11-15/h8-11H,5-7,12-13H2,1-4H3,(H,18,19). The molecule has 0 unspecified atom stereocenters. The van der Waals surface area contributed by atoms with Gasteiger partial charge in [0.1, 0.15) is 0 Å². The number of nitrogens with zero attached hydrogens (tertiary/aromatic N) is 2. The van der Waals surface area contributed by atoms with Gasteiger partial charge in [-0.05, 0) is 25.8 Å². The summed E-state index contributed by atoms with van der Waals surface area (Å²) >= 11 is 0. The minimum absolute atomic E-state index is 0.146. The highest BCUT2D eigenvalue weighted by Crippen LogP contribution is 2.06. The van der Waals surface area contributed by atoms with Gasteiger partial charge in [-0.1, -0.05) is 29.8 Å². The maximum Gasteiger partial charge on any atom is 0.305 e. The quantitative estimate of drug-likeness (QED) is 0.364. The number of carbonyl (C=O) groups is 1. The first kappa shape index (κ1) is 18.0. The average molecular weight is 305 g/mol. The fourth-order valence-electron chi connectivity index (χ4n) is 2.09. The molecule has 0 aliphatic heterocycles. The summed E-state index contributed by atoms with van der Waals surface area (Å²) in [6.45, 7) is 5.82. The van der Waals surface area contributed by atoms with Crippen molar-refractivity contribution >= 4 is 11.9 Å². The first-order valence-electron chi connectivity index (χ1n) is 7.69. The van der Waals surface area contributed by atoms with Gasteiger partial charge in [-0.3, -0.25) is 9.79 Å². The average Bonchev–Trinajstić information content (AvgIpc) is 2.50. The molecule has 1 N–H and O–H groups in total. The maximum atomic E-state index is 11.3. The number of hydrogen-bond donors (Lipinski definition) is 1. The molecule has 0 saturated heterocycles. The van der Waals surface area contributed by atoms with E-state index < -0.39 is 0 Å². The Morgan fingerprint density at radius 1 is 1.32 bits per heavy atom. The molecule has 0 bridgehead atoms. The summed E-state index contributed by atoms with van der Waals surface area (Å²) in [5.41, 5.74) is 2.50. The van der Waals surface area contributed by atoms with E-state index in [2.05, 4.69) is 46.4 Å². The van der Waals surface area contributed by atoms with Crippen LogP contribution >= 0.6 is 0 Å². The molecule has 22 heavy (non-hydrogen) atoms. The van der Waals surface area contributed by atoms with Gasteiger partial charge < -0.3 is 15.0 Å². The van der Waals surface area contributed by atoms with Gasteiger partial charge in [0.25, 0.3) is 0 Å². The Labute approximate surface area is 133 Å². The van der Waals surface area contributed by atoms with Crippen molar-refractivity contribution in [2.75, 3.05) is 27.2 Å². The third kappa shape index (κ3) is 6.61. The van der Waals surface area contributed by atoms with Crippen LogP contribution in [0.5, 0.6) is 0 Å². The van der Waals surface area contributed by atoms with Crippen molar-refractivity contribution in [2.45, 2.75) is 33.2 Å². The highest BCUT2D eigenvalue weighted by atomic mass is 16.5. The summed E-state index contributed by atoms with van der Waals surface area (Å²) in [6, 6.07) is 8.47. The number of aliphatic imine (C=N–C) groups is 1. The monoisotopic (exact) mass is 305 g/mol. The number of esters is 1. The molecule has 0 spiro atoms. The second-order valence-electron chi connectivity index (χ2n) is 5.22. The Kier molecular flexibility index (Phi) is 8.04. The Morgan fingerprint density at radius 3 is 2.59 bits per heavy atom. The van der Waals surface area contributed by atoms with E-state index in [0.717, 1.165) is 18.9 Å². The van der Waals surface area contributed by atoms with Gasteiger partial charge in [0.2, 0.25) is 0 Å². The number of nitrogens with one attached hydrogen (secondary N) is 1. The van der Waals surface area contributed by atoms with E-state index in [4.69, 9.17) is 4.74 Å². The minimum Gasteiger partial charge on any atom is -0.466 e. The van der Waals surface area contributed by atoms with Crippen molar-refractivity contribution in [1.82, 2.24) is 10.2 Å². The molecule has 1 aromatic rings. The molecule has 122 valence electrons. The minimum atomic E-state index is -0.146. The van der Waals surface area contributed by atoms with Gasteiger partial charge in [0.15, 0.2) is 5.96 Å². The van der Waals surface area contributed by atoms with E-state index >= 15 is 0 Å². The molecule has 0 fully saturated rings. The number of aryl methyl sites for hydroxylation is 1. The molecule has 0 aromatic heterocycles. The molecule has 0 aliphatic carbocycles. The lowest BCUT2D eigenvalue weighted by molar-refractivity contribution is -0.143. The summed E-state index contributed by atoms with van der Waals surface area (Å²) in [5, 5.41) is 3.27. The lowest BCUT2D eigenvalue weighted by Gasteiger charge is -2.22. The first-order chi connectivity index (χ1) is 10.6. The number of benzene rings is 1. The first-order valence-corrected chi connectivity index (χ1v) is 7.69. The fourth-order valence-corrected chi connectivity index (χ4v) is 2.09. The summed E-state index contributed by atoms with van der Waals surface area (Å²) < 4.78 is 4.90. The van der Waals surface area contributed by atoms with Crippen molar-refractivity contribution in [3.8, 4) is 0 Å². The van der Waals surface area contributed by atoms with Crippen molar-refractivity contribution in [3.05, 3.63) is 35.4 Å². The molecule has 0 radical (unpaired) electrons. The van der Waals surface area contributed by atoms with E-state index in [0.29, 0.717) is 19.6 Å². The van der Waals surface area contributed by atoms with Crippen LogP contribution in [0.25, 0.3) is 0 Å². The van der Waals surface area contributed by atoms with Crippen molar-refractivity contribution in [1.29, 1.82) is 0 Å². The zero-order valence-corrected chi connectivity index (χ0v) is 14.1. The number of rotatable bonds is 7. The van der Waals surface area contributed by atoms with Crippen molar-refractivity contribution in [2.24, 2.45) is 4.99 Å². The highest BCUT2D eigenvalue weighted by molar-refractivity contribution is 5.79. The fraction of sp³-hybridized carbons (Fsp3) is 0.529. The molecule has 5 heteroatoms. The third-order valence-corrected chi connectivity index (χ3v) is 3.26. The van der Waals surface area contributed by atoms with Gasteiger partial charge >= 0.3 is 5.97 Å². The van der Waals surface area contributed by atoms with Crippen LogP contribution in [0.2, 0.25) is 0 Å². The molecular formula is C17H27N3O2. The number of guanidine groups is 1. The van der Waals surface area contributed by atoms with E-state index in [1.54, 1.807) is 7.05 Å². The molecule has 5 nitrogen and oxygen atoms in total. The zero-order valence-electron chi connectivity index (χ0n) is 14.1. The van der Waals surface area contributed by atoms with Crippen LogP contribution in [-0.4, -0.2) is 44.1 Å². The Balaban J connectivity index is 2.37. The topological polar surface area (TPSA) is 53.9 Å². The molecule has 1 rings (SSSR count). The second kappa shape index (κ2) is 9.82. The number of hydrogen-bond acceptors (Lipinski definition) is 3. The van der Waals surface area contributed by atoms with Crippen LogP contribution in [0.4, 0.5) is 0 Å². The largest absolute Gasteiger partial charge is 0.466 e. The smallest absolute Gasteiger partial charge is 0.305 e. The van der Waals surface area contributed by atoms with Gasteiger partial charge in [-0.2, -0.15) is 0 Å². The number of ether oxygens (including phenoxy) is 1. The lowest BCUT2D eigenvalue weighted by atomic mass is 10.1. The van der Waals surface area contributed by atoms with E-state index in [9.17, 15) is 4.79 Å². The molecule has 0 amide bonds. The normalized spacial score (nSPS) is 11.2. The summed E-state index contributed by atoms with van der Waals surface area (Å²) in [4.78, 5) is 17.6. The predicted molar refractivity (Wildman–Crippen MR) is 89.9 cm³/mol. The van der Waals surface area contributed by atoms with Crippen LogP contribution < -0.4 is 5.32 Å². The molecule has 1 aromatic carbocycles. The van der Waals surface area contributed by atoms with Crippen LogP contribution in [0.1, 0.15) is 30.9 Å². The molecular weight excluding hydrogens is 278 g/mol. The van der Waals surface area contributed by atoms with Crippen molar-refractivity contribution in [3.63, 3.8) is 0 Å². The number of carbonyl (C=O) groups excluding carboxylic acids is 1. The van der Waals surface area contributed by atoms with Gasteiger partial charge in [-0.25, -0.2) is 0 Å². The Morgan fingerprint density at radius 2 is 2.00 bits per heavy atom. The predicted octanol–water partition coefficient (Wildman–Crippen LogP) is 2.35. The van der Waals surface area contributed by atoms with E-state index in [1.807, 2.05) is 14.0 Å². The Bertz CT molecular complexity index is 483. The maximum absolute atomic E-state index is 11.3. The van der Waals surface area contributed by atoms with Crippen LogP contribution in [0.15, 0.2) is 29.3 Å². The summed E-state index contributed by atoms with van der Waals surface area (Å²) in [5.74, 6) is 0.678. The van der Waals surface area contributed by atoms with Gasteiger partial charge in [0, 0.05) is 33.6 Å². The molecule has 0 heterocycles. The van der Waals surface area contributed by atoms with Gasteiger partial charge in [0.05, 0.1) is 6.61 Å².